The SMILES string of the molecule is CCCCNc1sc(C(=O)NC)c(N)c1C(=O)NC. The average Bonchev–Trinajstić information content (AvgIpc) is 2.74. The van der Waals surface area contributed by atoms with Crippen LogP contribution in [0.1, 0.15) is 39.8 Å². The Hall–Kier alpha value is -1.76. The molecule has 0 saturated carbocycles. The van der Waals surface area contributed by atoms with E-state index in [1.54, 1.807) is 0 Å². The van der Waals surface area contributed by atoms with Crippen molar-refractivity contribution in [1.82, 2.24) is 10.6 Å². The lowest BCUT2D eigenvalue weighted by atomic mass is 10.2. The van der Waals surface area contributed by atoms with Crippen LogP contribution in [0.15, 0.2) is 0 Å². The maximum absolute atomic E-state index is 11.9. The van der Waals surface area contributed by atoms with Crippen molar-refractivity contribution in [3.05, 3.63) is 10.4 Å². The van der Waals surface area contributed by atoms with E-state index >= 15 is 0 Å². The standard InChI is InChI=1S/C12H20N4O2S/c1-4-5-6-16-12-7(10(17)14-2)8(13)9(19-12)11(18)15-3/h16H,4-6,13H2,1-3H3,(H,14,17)(H,15,18). The highest BCUT2D eigenvalue weighted by molar-refractivity contribution is 7.19. The number of unbranched alkanes of at least 4 members (excludes halogenated alkanes) is 1. The Kier molecular flexibility index (Phi) is 5.62. The highest BCUT2D eigenvalue weighted by Gasteiger charge is 2.24. The molecule has 7 heteroatoms. The third kappa shape index (κ3) is 3.37. The number of nitrogens with two attached hydrogens (primary N) is 1. The van der Waals surface area contributed by atoms with Gasteiger partial charge in [-0.3, -0.25) is 9.59 Å². The molecule has 1 aromatic heterocycles. The molecule has 0 spiro atoms. The van der Waals surface area contributed by atoms with E-state index in [9.17, 15) is 9.59 Å². The van der Waals surface area contributed by atoms with Crippen LogP contribution in [-0.2, 0) is 0 Å². The van der Waals surface area contributed by atoms with Gasteiger partial charge in [0.25, 0.3) is 11.8 Å². The lowest BCUT2D eigenvalue weighted by Gasteiger charge is -2.06. The number of nitrogens with one attached hydrogen (secondary N) is 3. The molecule has 5 N–H and O–H groups in total. The van der Waals surface area contributed by atoms with Gasteiger partial charge in [-0.25, -0.2) is 0 Å². The van der Waals surface area contributed by atoms with E-state index in [4.69, 9.17) is 5.73 Å². The first-order chi connectivity index (χ1) is 9.06. The molecule has 1 heterocycles. The number of amides is 2. The van der Waals surface area contributed by atoms with Crippen LogP contribution in [0.25, 0.3) is 0 Å². The molecule has 6 nitrogen and oxygen atoms in total. The van der Waals surface area contributed by atoms with E-state index < -0.39 is 0 Å². The maximum atomic E-state index is 11.9. The smallest absolute Gasteiger partial charge is 0.263 e. The average molecular weight is 284 g/mol. The molecule has 0 fully saturated rings. The summed E-state index contributed by atoms with van der Waals surface area (Å²) in [5.41, 5.74) is 6.48. The van der Waals surface area contributed by atoms with Gasteiger partial charge in [-0.15, -0.1) is 11.3 Å². The molecule has 0 saturated heterocycles. The summed E-state index contributed by atoms with van der Waals surface area (Å²) in [6.07, 6.45) is 2.03. The zero-order chi connectivity index (χ0) is 14.4. The van der Waals surface area contributed by atoms with Crippen molar-refractivity contribution in [2.45, 2.75) is 19.8 Å². The van der Waals surface area contributed by atoms with Crippen LogP contribution in [0, 0.1) is 0 Å². The molecule has 0 aromatic carbocycles. The van der Waals surface area contributed by atoms with Gasteiger partial charge in [0.1, 0.15) is 9.88 Å². The van der Waals surface area contributed by atoms with Crippen LogP contribution in [0.2, 0.25) is 0 Å². The quantitative estimate of drug-likeness (QED) is 0.591. The Bertz CT molecular complexity index is 471. The largest absolute Gasteiger partial charge is 0.397 e. The van der Waals surface area contributed by atoms with Crippen molar-refractivity contribution in [1.29, 1.82) is 0 Å². The number of hydrogen-bond acceptors (Lipinski definition) is 5. The van der Waals surface area contributed by atoms with Crippen molar-refractivity contribution in [2.24, 2.45) is 0 Å². The molecule has 0 aliphatic rings. The van der Waals surface area contributed by atoms with E-state index in [0.29, 0.717) is 15.4 Å². The van der Waals surface area contributed by atoms with Gasteiger partial charge in [0.2, 0.25) is 0 Å². The molecule has 0 aliphatic heterocycles. The van der Waals surface area contributed by atoms with Gasteiger partial charge in [0.05, 0.1) is 11.3 Å². The zero-order valence-corrected chi connectivity index (χ0v) is 12.2. The minimum Gasteiger partial charge on any atom is -0.397 e. The number of nitrogen functional groups attached to an aromatic ring is 1. The van der Waals surface area contributed by atoms with Gasteiger partial charge in [-0.2, -0.15) is 0 Å². The summed E-state index contributed by atoms with van der Waals surface area (Å²) in [4.78, 5) is 23.9. The summed E-state index contributed by atoms with van der Waals surface area (Å²) in [6.45, 7) is 2.83. The third-order valence-electron chi connectivity index (χ3n) is 2.65. The van der Waals surface area contributed by atoms with Gasteiger partial charge in [0.15, 0.2) is 0 Å². The summed E-state index contributed by atoms with van der Waals surface area (Å²) in [5.74, 6) is -0.570. The monoisotopic (exact) mass is 284 g/mol. The normalized spacial score (nSPS) is 10.1. The number of carbonyl (C=O) groups excluding carboxylic acids is 2. The Balaban J connectivity index is 3.12. The minimum absolute atomic E-state index is 0.225. The summed E-state index contributed by atoms with van der Waals surface area (Å²) in [5, 5.41) is 8.87. The lowest BCUT2D eigenvalue weighted by molar-refractivity contribution is 0.0963. The van der Waals surface area contributed by atoms with Crippen LogP contribution in [0.4, 0.5) is 10.7 Å². The molecule has 0 bridgehead atoms. The minimum atomic E-state index is -0.289. The van der Waals surface area contributed by atoms with E-state index in [1.165, 1.54) is 25.4 Å². The molecule has 2 amide bonds. The van der Waals surface area contributed by atoms with Gasteiger partial charge < -0.3 is 21.7 Å². The number of thiophene rings is 1. The van der Waals surface area contributed by atoms with Crippen LogP contribution in [-0.4, -0.2) is 32.5 Å². The summed E-state index contributed by atoms with van der Waals surface area (Å²) < 4.78 is 0. The van der Waals surface area contributed by atoms with Crippen molar-refractivity contribution in [3.63, 3.8) is 0 Å². The summed E-state index contributed by atoms with van der Waals surface area (Å²) in [6, 6.07) is 0. The Morgan fingerprint density at radius 3 is 2.37 bits per heavy atom. The first-order valence-corrected chi connectivity index (χ1v) is 6.98. The van der Waals surface area contributed by atoms with Crippen LogP contribution in [0.3, 0.4) is 0 Å². The number of carbonyl (C=O) groups is 2. The Morgan fingerprint density at radius 2 is 1.84 bits per heavy atom. The van der Waals surface area contributed by atoms with Gasteiger partial charge in [0, 0.05) is 20.6 Å². The first kappa shape index (κ1) is 15.3. The molecular weight excluding hydrogens is 264 g/mol. The summed E-state index contributed by atoms with van der Waals surface area (Å²) in [7, 11) is 3.07. The topological polar surface area (TPSA) is 96.2 Å². The highest BCUT2D eigenvalue weighted by Crippen LogP contribution is 2.35. The fraction of sp³-hybridized carbons (Fsp3) is 0.500. The van der Waals surface area contributed by atoms with E-state index in [1.807, 2.05) is 0 Å². The van der Waals surface area contributed by atoms with Crippen molar-refractivity contribution >= 4 is 33.8 Å². The number of anilines is 2. The summed E-state index contributed by atoms with van der Waals surface area (Å²) >= 11 is 1.20. The molecule has 1 rings (SSSR count). The lowest BCUT2D eigenvalue weighted by Crippen LogP contribution is -2.21. The second kappa shape index (κ2) is 6.98. The second-order valence-electron chi connectivity index (χ2n) is 3.99. The van der Waals surface area contributed by atoms with E-state index in [2.05, 4.69) is 22.9 Å². The van der Waals surface area contributed by atoms with E-state index in [0.717, 1.165) is 19.4 Å². The fourth-order valence-electron chi connectivity index (χ4n) is 1.58. The zero-order valence-electron chi connectivity index (χ0n) is 11.4. The molecule has 0 atom stereocenters. The van der Waals surface area contributed by atoms with Crippen LogP contribution >= 0.6 is 11.3 Å². The van der Waals surface area contributed by atoms with Gasteiger partial charge in [-0.1, -0.05) is 13.3 Å². The van der Waals surface area contributed by atoms with Gasteiger partial charge >= 0.3 is 0 Å². The van der Waals surface area contributed by atoms with Crippen molar-refractivity contribution in [3.8, 4) is 0 Å². The Morgan fingerprint density at radius 1 is 1.21 bits per heavy atom. The van der Waals surface area contributed by atoms with E-state index in [-0.39, 0.29) is 17.5 Å². The molecule has 106 valence electrons. The number of rotatable bonds is 6. The van der Waals surface area contributed by atoms with Crippen LogP contribution < -0.4 is 21.7 Å². The third-order valence-corrected chi connectivity index (χ3v) is 3.81. The second-order valence-corrected chi connectivity index (χ2v) is 5.01. The molecule has 19 heavy (non-hydrogen) atoms. The number of hydrogen-bond donors (Lipinski definition) is 4. The predicted molar refractivity (Wildman–Crippen MR) is 78.9 cm³/mol. The van der Waals surface area contributed by atoms with Crippen molar-refractivity contribution < 1.29 is 9.59 Å². The first-order valence-electron chi connectivity index (χ1n) is 6.17. The van der Waals surface area contributed by atoms with Crippen molar-refractivity contribution in [2.75, 3.05) is 31.7 Å². The Labute approximate surface area is 116 Å². The molecule has 0 aliphatic carbocycles. The molecule has 0 unspecified atom stereocenters. The predicted octanol–water partition coefficient (Wildman–Crippen LogP) is 1.26. The highest BCUT2D eigenvalue weighted by atomic mass is 32.1. The maximum Gasteiger partial charge on any atom is 0.263 e. The molecule has 0 radical (unpaired) electrons. The molecule has 1 aromatic rings. The fourth-order valence-corrected chi connectivity index (χ4v) is 2.67. The van der Waals surface area contributed by atoms with Gasteiger partial charge in [-0.05, 0) is 6.42 Å². The van der Waals surface area contributed by atoms with Crippen LogP contribution in [0.5, 0.6) is 0 Å². The molecular formula is C12H20N4O2S.